The second-order valence-corrected chi connectivity index (χ2v) is 3.73. The third-order valence-corrected chi connectivity index (χ3v) is 2.41. The lowest BCUT2D eigenvalue weighted by Gasteiger charge is -2.09. The number of hydrogen-bond donors (Lipinski definition) is 1. The highest BCUT2D eigenvalue weighted by atomic mass is 15.3. The molecule has 0 aliphatic rings. The summed E-state index contributed by atoms with van der Waals surface area (Å²) >= 11 is 0. The topological polar surface area (TPSA) is 42.7 Å². The molecule has 0 aliphatic heterocycles. The average molecular weight is 216 g/mol. The Morgan fingerprint density at radius 3 is 2.94 bits per heavy atom. The van der Waals surface area contributed by atoms with E-state index in [4.69, 9.17) is 0 Å². The zero-order valence-corrected chi connectivity index (χ0v) is 9.64. The lowest BCUT2D eigenvalue weighted by Crippen LogP contribution is -2.05. The monoisotopic (exact) mass is 216 g/mol. The molecule has 84 valence electrons. The number of nitrogens with one attached hydrogen (secondary N) is 1. The number of aromatic nitrogens is 3. The predicted molar refractivity (Wildman–Crippen MR) is 64.8 cm³/mol. The van der Waals surface area contributed by atoms with Crippen molar-refractivity contribution in [2.45, 2.75) is 26.8 Å². The van der Waals surface area contributed by atoms with Gasteiger partial charge in [0.2, 0.25) is 0 Å². The molecule has 1 N–H and O–H groups in total. The highest BCUT2D eigenvalue weighted by Gasteiger charge is 2.04. The largest absolute Gasteiger partial charge is 0.325 e. The molecule has 0 saturated carbocycles. The maximum Gasteiger partial charge on any atom is 0.134 e. The average Bonchev–Trinajstić information content (AvgIpc) is 2.70. The van der Waals surface area contributed by atoms with Crippen molar-refractivity contribution in [3.8, 4) is 0 Å². The van der Waals surface area contributed by atoms with Crippen molar-refractivity contribution in [3.05, 3.63) is 36.2 Å². The smallest absolute Gasteiger partial charge is 0.134 e. The van der Waals surface area contributed by atoms with E-state index in [1.807, 2.05) is 29.8 Å². The van der Waals surface area contributed by atoms with E-state index >= 15 is 0 Å². The molecular weight excluding hydrogens is 200 g/mol. The van der Waals surface area contributed by atoms with Crippen molar-refractivity contribution in [2.75, 3.05) is 5.32 Å². The van der Waals surface area contributed by atoms with E-state index < -0.39 is 0 Å². The standard InChI is InChI=1S/C12H16N4/c1-3-9-16-11(6-8-14-16)15-12-10(2)5-4-7-13-12/h4-8H,3,9H2,1-2H3,(H,13,15). The molecule has 0 radical (unpaired) electrons. The van der Waals surface area contributed by atoms with Gasteiger partial charge in [0, 0.05) is 18.8 Å². The predicted octanol–water partition coefficient (Wildman–Crippen LogP) is 2.74. The third kappa shape index (κ3) is 2.21. The van der Waals surface area contributed by atoms with Crippen LogP contribution in [-0.4, -0.2) is 14.8 Å². The van der Waals surface area contributed by atoms with Gasteiger partial charge in [-0.05, 0) is 25.0 Å². The van der Waals surface area contributed by atoms with E-state index in [0.717, 1.165) is 30.2 Å². The van der Waals surface area contributed by atoms with Gasteiger partial charge in [0.1, 0.15) is 11.6 Å². The Kier molecular flexibility index (Phi) is 3.19. The summed E-state index contributed by atoms with van der Waals surface area (Å²) in [5, 5.41) is 7.55. The Hall–Kier alpha value is -1.84. The maximum atomic E-state index is 4.30. The molecule has 2 aromatic heterocycles. The Morgan fingerprint density at radius 1 is 1.31 bits per heavy atom. The summed E-state index contributed by atoms with van der Waals surface area (Å²) in [4.78, 5) is 4.30. The van der Waals surface area contributed by atoms with Crippen LogP contribution in [0, 0.1) is 6.92 Å². The van der Waals surface area contributed by atoms with Crippen molar-refractivity contribution in [1.82, 2.24) is 14.8 Å². The molecule has 0 aliphatic carbocycles. The Balaban J connectivity index is 2.20. The van der Waals surface area contributed by atoms with E-state index in [2.05, 4.69) is 22.3 Å². The SMILES string of the molecule is CCCn1nccc1Nc1ncccc1C. The molecule has 0 atom stereocenters. The summed E-state index contributed by atoms with van der Waals surface area (Å²) in [5.41, 5.74) is 1.13. The second-order valence-electron chi connectivity index (χ2n) is 3.73. The number of rotatable bonds is 4. The summed E-state index contributed by atoms with van der Waals surface area (Å²) in [6, 6.07) is 5.93. The quantitative estimate of drug-likeness (QED) is 0.854. The Bertz CT molecular complexity index is 462. The van der Waals surface area contributed by atoms with Gasteiger partial charge in [-0.1, -0.05) is 13.0 Å². The lowest BCUT2D eigenvalue weighted by molar-refractivity contribution is 0.610. The van der Waals surface area contributed by atoms with Gasteiger partial charge in [0.25, 0.3) is 0 Å². The number of hydrogen-bond acceptors (Lipinski definition) is 3. The molecule has 2 heterocycles. The van der Waals surface area contributed by atoms with E-state index in [9.17, 15) is 0 Å². The molecule has 0 unspecified atom stereocenters. The van der Waals surface area contributed by atoms with Crippen LogP contribution in [0.2, 0.25) is 0 Å². The second kappa shape index (κ2) is 4.79. The fraction of sp³-hybridized carbons (Fsp3) is 0.333. The first-order chi connectivity index (χ1) is 7.81. The van der Waals surface area contributed by atoms with Crippen LogP contribution in [0.3, 0.4) is 0 Å². The molecule has 0 aromatic carbocycles. The van der Waals surface area contributed by atoms with Crippen LogP contribution < -0.4 is 5.32 Å². The highest BCUT2D eigenvalue weighted by Crippen LogP contribution is 2.17. The molecule has 2 aromatic rings. The molecule has 16 heavy (non-hydrogen) atoms. The summed E-state index contributed by atoms with van der Waals surface area (Å²) in [7, 11) is 0. The summed E-state index contributed by atoms with van der Waals surface area (Å²) < 4.78 is 1.95. The van der Waals surface area contributed by atoms with Crippen LogP contribution in [0.4, 0.5) is 11.6 Å². The first kappa shape index (κ1) is 10.7. The molecule has 0 bridgehead atoms. The van der Waals surface area contributed by atoms with Gasteiger partial charge in [-0.2, -0.15) is 5.10 Å². The van der Waals surface area contributed by atoms with E-state index in [-0.39, 0.29) is 0 Å². The Morgan fingerprint density at radius 2 is 2.19 bits per heavy atom. The Labute approximate surface area is 95.3 Å². The molecule has 2 rings (SSSR count). The van der Waals surface area contributed by atoms with Gasteiger partial charge < -0.3 is 5.32 Å². The van der Waals surface area contributed by atoms with Crippen LogP contribution in [-0.2, 0) is 6.54 Å². The van der Waals surface area contributed by atoms with Gasteiger partial charge in [-0.3, -0.25) is 0 Å². The molecule has 0 spiro atoms. The highest BCUT2D eigenvalue weighted by molar-refractivity contribution is 5.55. The fourth-order valence-corrected chi connectivity index (χ4v) is 1.57. The number of aryl methyl sites for hydroxylation is 2. The van der Waals surface area contributed by atoms with E-state index in [1.165, 1.54) is 0 Å². The van der Waals surface area contributed by atoms with Crippen LogP contribution in [0.1, 0.15) is 18.9 Å². The first-order valence-corrected chi connectivity index (χ1v) is 5.51. The van der Waals surface area contributed by atoms with Crippen LogP contribution in [0.5, 0.6) is 0 Å². The lowest BCUT2D eigenvalue weighted by atomic mass is 10.3. The zero-order chi connectivity index (χ0) is 11.4. The van der Waals surface area contributed by atoms with Gasteiger partial charge >= 0.3 is 0 Å². The minimum absolute atomic E-state index is 0.889. The summed E-state index contributed by atoms with van der Waals surface area (Å²) in [5.74, 6) is 1.88. The zero-order valence-electron chi connectivity index (χ0n) is 9.64. The van der Waals surface area contributed by atoms with Crippen molar-refractivity contribution in [2.24, 2.45) is 0 Å². The van der Waals surface area contributed by atoms with Crippen molar-refractivity contribution >= 4 is 11.6 Å². The molecule has 0 fully saturated rings. The normalized spacial score (nSPS) is 10.4. The van der Waals surface area contributed by atoms with E-state index in [1.54, 1.807) is 12.4 Å². The summed E-state index contributed by atoms with van der Waals surface area (Å²) in [6.45, 7) is 5.09. The molecular formula is C12H16N4. The summed E-state index contributed by atoms with van der Waals surface area (Å²) in [6.07, 6.45) is 4.66. The molecule has 0 saturated heterocycles. The molecule has 0 amide bonds. The maximum absolute atomic E-state index is 4.30. The van der Waals surface area contributed by atoms with Gasteiger partial charge in [-0.15, -0.1) is 0 Å². The van der Waals surface area contributed by atoms with Crippen LogP contribution >= 0.6 is 0 Å². The van der Waals surface area contributed by atoms with Crippen molar-refractivity contribution in [3.63, 3.8) is 0 Å². The van der Waals surface area contributed by atoms with Crippen LogP contribution in [0.25, 0.3) is 0 Å². The fourth-order valence-electron chi connectivity index (χ4n) is 1.57. The molecule has 4 heteroatoms. The number of nitrogens with zero attached hydrogens (tertiary/aromatic N) is 3. The van der Waals surface area contributed by atoms with Gasteiger partial charge in [0.15, 0.2) is 0 Å². The first-order valence-electron chi connectivity index (χ1n) is 5.51. The van der Waals surface area contributed by atoms with Gasteiger partial charge in [-0.25, -0.2) is 9.67 Å². The third-order valence-electron chi connectivity index (χ3n) is 2.41. The van der Waals surface area contributed by atoms with E-state index in [0.29, 0.717) is 0 Å². The number of anilines is 2. The van der Waals surface area contributed by atoms with Crippen LogP contribution in [0.15, 0.2) is 30.6 Å². The minimum Gasteiger partial charge on any atom is -0.325 e. The molecule has 4 nitrogen and oxygen atoms in total. The van der Waals surface area contributed by atoms with Crippen molar-refractivity contribution in [1.29, 1.82) is 0 Å². The minimum atomic E-state index is 0.889. The van der Waals surface area contributed by atoms with Crippen molar-refractivity contribution < 1.29 is 0 Å². The number of pyridine rings is 1. The van der Waals surface area contributed by atoms with Gasteiger partial charge in [0.05, 0.1) is 6.20 Å².